The third-order valence-corrected chi connectivity index (χ3v) is 5.86. The molecule has 0 heterocycles. The predicted molar refractivity (Wildman–Crippen MR) is 150 cm³/mol. The molecule has 0 bridgehead atoms. The van der Waals surface area contributed by atoms with Gasteiger partial charge in [0, 0.05) is 0 Å². The summed E-state index contributed by atoms with van der Waals surface area (Å²) in [7, 11) is 0. The van der Waals surface area contributed by atoms with Gasteiger partial charge in [-0.2, -0.15) is 0 Å². The quantitative estimate of drug-likeness (QED) is 0.163. The molecule has 0 fully saturated rings. The maximum atomic E-state index is 12.4. The highest BCUT2D eigenvalue weighted by Crippen LogP contribution is 2.14. The van der Waals surface area contributed by atoms with Crippen molar-refractivity contribution in [2.45, 2.75) is 90.9 Å². The molecule has 0 spiro atoms. The summed E-state index contributed by atoms with van der Waals surface area (Å²) in [6.07, 6.45) is 15.5. The molecule has 4 heteroatoms. The topological polar surface area (TPSA) is 52.6 Å². The zero-order chi connectivity index (χ0) is 26.3. The van der Waals surface area contributed by atoms with Crippen LogP contribution in [-0.2, 0) is 9.47 Å². The lowest BCUT2D eigenvalue weighted by Gasteiger charge is -2.10. The number of esters is 2. The third kappa shape index (κ3) is 14.5. The second-order valence-electron chi connectivity index (χ2n) is 8.97. The molecule has 0 saturated carbocycles. The first kappa shape index (κ1) is 31.2. The van der Waals surface area contributed by atoms with Crippen LogP contribution in [0.25, 0.3) is 6.08 Å². The molecule has 0 unspecified atom stereocenters. The molecule has 0 aliphatic rings. The molecule has 2 rings (SSSR count). The Morgan fingerprint density at radius 1 is 0.611 bits per heavy atom. The molecule has 0 amide bonds. The van der Waals surface area contributed by atoms with Crippen LogP contribution in [0.15, 0.2) is 61.2 Å². The van der Waals surface area contributed by atoms with Crippen LogP contribution in [0, 0.1) is 0 Å². The lowest BCUT2D eigenvalue weighted by Crippen LogP contribution is -2.15. The Hall–Kier alpha value is -2.88. The predicted octanol–water partition coefficient (Wildman–Crippen LogP) is 9.05. The van der Waals surface area contributed by atoms with Gasteiger partial charge in [-0.05, 0) is 30.5 Å². The van der Waals surface area contributed by atoms with E-state index in [4.69, 9.17) is 9.47 Å². The summed E-state index contributed by atoms with van der Waals surface area (Å²) in [5.74, 6) is -0.888. The van der Waals surface area contributed by atoms with Gasteiger partial charge >= 0.3 is 11.9 Å². The zero-order valence-electron chi connectivity index (χ0n) is 22.5. The van der Waals surface area contributed by atoms with Gasteiger partial charge in [0.15, 0.2) is 0 Å². The molecule has 36 heavy (non-hydrogen) atoms. The molecule has 2 aromatic rings. The van der Waals surface area contributed by atoms with Gasteiger partial charge in [0.2, 0.25) is 0 Å². The Balaban J connectivity index is 0.000000681. The molecule has 198 valence electrons. The van der Waals surface area contributed by atoms with E-state index in [0.29, 0.717) is 24.3 Å². The summed E-state index contributed by atoms with van der Waals surface area (Å²) in [6, 6.07) is 16.8. The highest BCUT2D eigenvalue weighted by Gasteiger charge is 2.18. The molecule has 0 saturated heterocycles. The second kappa shape index (κ2) is 21.4. The SMILES string of the molecule is C=Cc1ccccc1.CCCCCCCCOC(=O)c1ccccc1C(=O)OCCCCCCCC. The van der Waals surface area contributed by atoms with Crippen molar-refractivity contribution in [3.8, 4) is 0 Å². The number of unbranched alkanes of at least 4 members (excludes halogenated alkanes) is 10. The van der Waals surface area contributed by atoms with Gasteiger partial charge in [-0.3, -0.25) is 0 Å². The molecular weight excluding hydrogens is 448 g/mol. The minimum atomic E-state index is -0.444. The van der Waals surface area contributed by atoms with Crippen molar-refractivity contribution in [3.63, 3.8) is 0 Å². The number of ether oxygens (including phenoxy) is 2. The van der Waals surface area contributed by atoms with Crippen molar-refractivity contribution in [1.29, 1.82) is 0 Å². The van der Waals surface area contributed by atoms with Gasteiger partial charge in [0.05, 0.1) is 24.3 Å². The Morgan fingerprint density at radius 2 is 1.00 bits per heavy atom. The number of benzene rings is 2. The minimum absolute atomic E-state index is 0.293. The summed E-state index contributed by atoms with van der Waals surface area (Å²) in [4.78, 5) is 24.7. The average molecular weight is 495 g/mol. The molecule has 0 N–H and O–H groups in total. The molecule has 0 atom stereocenters. The Labute approximate surface area is 219 Å². The summed E-state index contributed by atoms with van der Waals surface area (Å²) in [5.41, 5.74) is 1.76. The van der Waals surface area contributed by atoms with Crippen LogP contribution in [0.2, 0.25) is 0 Å². The number of rotatable bonds is 17. The van der Waals surface area contributed by atoms with E-state index < -0.39 is 11.9 Å². The Kier molecular flexibility index (Phi) is 18.5. The monoisotopic (exact) mass is 494 g/mol. The van der Waals surface area contributed by atoms with Crippen molar-refractivity contribution >= 4 is 18.0 Å². The van der Waals surface area contributed by atoms with Gasteiger partial charge in [0.25, 0.3) is 0 Å². The van der Waals surface area contributed by atoms with Gasteiger partial charge in [-0.15, -0.1) is 0 Å². The number of carbonyl (C=O) groups is 2. The van der Waals surface area contributed by atoms with Gasteiger partial charge in [0.1, 0.15) is 0 Å². The minimum Gasteiger partial charge on any atom is -0.462 e. The van der Waals surface area contributed by atoms with Crippen LogP contribution in [-0.4, -0.2) is 25.2 Å². The first-order valence-electron chi connectivity index (χ1n) is 13.7. The first-order chi connectivity index (χ1) is 17.6. The molecule has 0 aliphatic carbocycles. The van der Waals surface area contributed by atoms with E-state index in [0.717, 1.165) is 25.7 Å². The fourth-order valence-electron chi connectivity index (χ4n) is 3.68. The number of hydrogen-bond donors (Lipinski definition) is 0. The number of carbonyl (C=O) groups excluding carboxylic acids is 2. The van der Waals surface area contributed by atoms with E-state index in [9.17, 15) is 9.59 Å². The maximum Gasteiger partial charge on any atom is 0.339 e. The van der Waals surface area contributed by atoms with Gasteiger partial charge < -0.3 is 9.47 Å². The first-order valence-corrected chi connectivity index (χ1v) is 13.7. The van der Waals surface area contributed by atoms with E-state index >= 15 is 0 Å². The molecule has 2 aromatic carbocycles. The summed E-state index contributed by atoms with van der Waals surface area (Å²) in [5, 5.41) is 0. The summed E-state index contributed by atoms with van der Waals surface area (Å²) >= 11 is 0. The molecular formula is C32H46O4. The van der Waals surface area contributed by atoms with E-state index in [1.165, 1.54) is 56.9 Å². The maximum absolute atomic E-state index is 12.4. The normalized spacial score (nSPS) is 10.2. The van der Waals surface area contributed by atoms with Gasteiger partial charge in [-0.1, -0.05) is 133 Å². The fraction of sp³-hybridized carbons (Fsp3) is 0.500. The van der Waals surface area contributed by atoms with Crippen LogP contribution >= 0.6 is 0 Å². The van der Waals surface area contributed by atoms with Crippen LogP contribution in [0.5, 0.6) is 0 Å². The van der Waals surface area contributed by atoms with E-state index in [1.807, 2.05) is 36.4 Å². The Bertz CT molecular complexity index is 795. The average Bonchev–Trinajstić information content (AvgIpc) is 2.92. The Morgan fingerprint density at radius 3 is 1.39 bits per heavy atom. The fourth-order valence-corrected chi connectivity index (χ4v) is 3.68. The van der Waals surface area contributed by atoms with E-state index in [2.05, 4.69) is 20.4 Å². The lowest BCUT2D eigenvalue weighted by molar-refractivity contribution is 0.0450. The highest BCUT2D eigenvalue weighted by atomic mass is 16.5. The van der Waals surface area contributed by atoms with E-state index in [-0.39, 0.29) is 0 Å². The van der Waals surface area contributed by atoms with E-state index in [1.54, 1.807) is 24.3 Å². The van der Waals surface area contributed by atoms with Gasteiger partial charge in [-0.25, -0.2) is 9.59 Å². The zero-order valence-corrected chi connectivity index (χ0v) is 22.5. The third-order valence-electron chi connectivity index (χ3n) is 5.86. The summed E-state index contributed by atoms with van der Waals surface area (Å²) in [6.45, 7) is 8.81. The van der Waals surface area contributed by atoms with Crippen LogP contribution in [0.3, 0.4) is 0 Å². The molecule has 0 aromatic heterocycles. The second-order valence-corrected chi connectivity index (χ2v) is 8.97. The lowest BCUT2D eigenvalue weighted by atomic mass is 10.1. The van der Waals surface area contributed by atoms with Crippen molar-refractivity contribution < 1.29 is 19.1 Å². The van der Waals surface area contributed by atoms with Crippen LogP contribution in [0.1, 0.15) is 117 Å². The number of hydrogen-bond acceptors (Lipinski definition) is 4. The van der Waals surface area contributed by atoms with Crippen LogP contribution < -0.4 is 0 Å². The van der Waals surface area contributed by atoms with Crippen molar-refractivity contribution in [3.05, 3.63) is 77.9 Å². The summed E-state index contributed by atoms with van der Waals surface area (Å²) < 4.78 is 10.7. The van der Waals surface area contributed by atoms with Crippen molar-refractivity contribution in [1.82, 2.24) is 0 Å². The molecule has 0 aliphatic heterocycles. The molecule has 4 nitrogen and oxygen atoms in total. The van der Waals surface area contributed by atoms with Crippen molar-refractivity contribution in [2.75, 3.05) is 13.2 Å². The molecule has 0 radical (unpaired) electrons. The van der Waals surface area contributed by atoms with Crippen LogP contribution in [0.4, 0.5) is 0 Å². The van der Waals surface area contributed by atoms with Crippen molar-refractivity contribution in [2.24, 2.45) is 0 Å². The highest BCUT2D eigenvalue weighted by molar-refractivity contribution is 6.03. The smallest absolute Gasteiger partial charge is 0.339 e. The standard InChI is InChI=1S/C24H38O4.C8H8/c1-3-5-7-9-11-15-19-27-23(25)21-17-13-14-18-22(21)24(26)28-20-16-12-10-8-6-4-2;1-2-8-6-4-3-5-7-8/h13-14,17-18H,3-12,15-16,19-20H2,1-2H3;2-7H,1H2. The largest absolute Gasteiger partial charge is 0.462 e.